The molecule has 98 valence electrons. The summed E-state index contributed by atoms with van der Waals surface area (Å²) >= 11 is 0. The van der Waals surface area contributed by atoms with Crippen LogP contribution in [0, 0.1) is 0 Å². The van der Waals surface area contributed by atoms with Crippen LogP contribution in [-0.2, 0) is 13.0 Å². The van der Waals surface area contributed by atoms with Gasteiger partial charge in [-0.25, -0.2) is 0 Å². The Kier molecular flexibility index (Phi) is 3.47. The number of nitrogens with one attached hydrogen (secondary N) is 1. The number of nitrogen functional groups attached to an aromatic ring is 1. The van der Waals surface area contributed by atoms with Crippen molar-refractivity contribution in [3.8, 4) is 0 Å². The molecule has 3 nitrogen and oxygen atoms in total. The van der Waals surface area contributed by atoms with Crippen LogP contribution in [0.4, 0.5) is 5.69 Å². The van der Waals surface area contributed by atoms with Crippen molar-refractivity contribution in [3.05, 3.63) is 59.4 Å². The van der Waals surface area contributed by atoms with Crippen molar-refractivity contribution < 1.29 is 0 Å². The predicted molar refractivity (Wildman–Crippen MR) is 77.6 cm³/mol. The van der Waals surface area contributed by atoms with Gasteiger partial charge in [-0.2, -0.15) is 0 Å². The molecule has 0 spiro atoms. The molecule has 3 heteroatoms. The molecule has 0 aliphatic heterocycles. The minimum absolute atomic E-state index is 0.377. The molecule has 1 atom stereocenters. The lowest BCUT2D eigenvalue weighted by Crippen LogP contribution is -2.25. The van der Waals surface area contributed by atoms with Gasteiger partial charge in [0.25, 0.3) is 0 Å². The van der Waals surface area contributed by atoms with Crippen LogP contribution in [0.5, 0.6) is 0 Å². The second-order valence-corrected chi connectivity index (χ2v) is 5.12. The Morgan fingerprint density at radius 3 is 2.89 bits per heavy atom. The van der Waals surface area contributed by atoms with Gasteiger partial charge in [0.1, 0.15) is 0 Å². The lowest BCUT2D eigenvalue weighted by atomic mass is 9.92. The third-order valence-corrected chi connectivity index (χ3v) is 3.73. The van der Waals surface area contributed by atoms with Crippen molar-refractivity contribution in [1.29, 1.82) is 0 Å². The van der Waals surface area contributed by atoms with Crippen LogP contribution in [0.15, 0.2) is 42.6 Å². The highest BCUT2D eigenvalue weighted by molar-refractivity contribution is 5.39. The van der Waals surface area contributed by atoms with Crippen LogP contribution in [0.2, 0.25) is 0 Å². The molecule has 1 aliphatic rings. The standard InChI is InChI=1S/C16H19N3/c17-14-8-6-12(7-9-14)11-19-15-5-1-3-13-4-2-10-18-16(13)15/h2,4,6-10,15,19H,1,3,5,11,17H2. The largest absolute Gasteiger partial charge is 0.399 e. The topological polar surface area (TPSA) is 50.9 Å². The molecule has 3 rings (SSSR count). The highest BCUT2D eigenvalue weighted by Crippen LogP contribution is 2.27. The summed E-state index contributed by atoms with van der Waals surface area (Å²) in [5.74, 6) is 0. The van der Waals surface area contributed by atoms with E-state index in [1.54, 1.807) is 0 Å². The number of nitrogens with two attached hydrogens (primary N) is 1. The fourth-order valence-corrected chi connectivity index (χ4v) is 2.68. The minimum atomic E-state index is 0.377. The van der Waals surface area contributed by atoms with Crippen molar-refractivity contribution in [2.24, 2.45) is 0 Å². The number of benzene rings is 1. The normalized spacial score (nSPS) is 18.0. The number of hydrogen-bond acceptors (Lipinski definition) is 3. The summed E-state index contributed by atoms with van der Waals surface area (Å²) < 4.78 is 0. The fourth-order valence-electron chi connectivity index (χ4n) is 2.68. The maximum atomic E-state index is 5.70. The lowest BCUT2D eigenvalue weighted by Gasteiger charge is -2.25. The Morgan fingerprint density at radius 2 is 2.05 bits per heavy atom. The minimum Gasteiger partial charge on any atom is -0.399 e. The monoisotopic (exact) mass is 253 g/mol. The van der Waals surface area contributed by atoms with E-state index in [0.717, 1.165) is 18.7 Å². The van der Waals surface area contributed by atoms with Gasteiger partial charge in [-0.15, -0.1) is 0 Å². The summed E-state index contributed by atoms with van der Waals surface area (Å²) in [7, 11) is 0. The van der Waals surface area contributed by atoms with E-state index in [1.165, 1.54) is 29.7 Å². The van der Waals surface area contributed by atoms with Gasteiger partial charge in [-0.05, 0) is 48.6 Å². The maximum absolute atomic E-state index is 5.70. The van der Waals surface area contributed by atoms with Gasteiger partial charge in [-0.1, -0.05) is 18.2 Å². The van der Waals surface area contributed by atoms with Crippen LogP contribution < -0.4 is 11.1 Å². The molecular weight excluding hydrogens is 234 g/mol. The summed E-state index contributed by atoms with van der Waals surface area (Å²) in [4.78, 5) is 4.54. The molecule has 1 aromatic heterocycles. The number of aryl methyl sites for hydroxylation is 1. The first-order valence-corrected chi connectivity index (χ1v) is 6.84. The van der Waals surface area contributed by atoms with Crippen molar-refractivity contribution in [2.45, 2.75) is 31.8 Å². The van der Waals surface area contributed by atoms with Crippen LogP contribution in [-0.4, -0.2) is 4.98 Å². The maximum Gasteiger partial charge on any atom is 0.0605 e. The van der Waals surface area contributed by atoms with Gasteiger partial charge in [0.15, 0.2) is 0 Å². The van der Waals surface area contributed by atoms with E-state index in [2.05, 4.69) is 28.5 Å². The molecule has 0 fully saturated rings. The molecule has 1 heterocycles. The second-order valence-electron chi connectivity index (χ2n) is 5.12. The van der Waals surface area contributed by atoms with E-state index < -0.39 is 0 Å². The van der Waals surface area contributed by atoms with Crippen LogP contribution in [0.1, 0.15) is 35.7 Å². The number of anilines is 1. The molecular formula is C16H19N3. The van der Waals surface area contributed by atoms with Gasteiger partial charge in [-0.3, -0.25) is 4.98 Å². The third-order valence-electron chi connectivity index (χ3n) is 3.73. The second kappa shape index (κ2) is 5.41. The number of hydrogen-bond donors (Lipinski definition) is 2. The Bertz CT molecular complexity index is 548. The number of fused-ring (bicyclic) bond motifs is 1. The van der Waals surface area contributed by atoms with Crippen molar-refractivity contribution in [1.82, 2.24) is 10.3 Å². The van der Waals surface area contributed by atoms with Gasteiger partial charge in [0.05, 0.1) is 11.7 Å². The molecule has 0 saturated carbocycles. The van der Waals surface area contributed by atoms with Gasteiger partial charge in [0, 0.05) is 18.4 Å². The summed E-state index contributed by atoms with van der Waals surface area (Å²) in [6.45, 7) is 0.862. The molecule has 0 amide bonds. The molecule has 0 saturated heterocycles. The molecule has 0 radical (unpaired) electrons. The molecule has 3 N–H and O–H groups in total. The first-order valence-electron chi connectivity index (χ1n) is 6.84. The first kappa shape index (κ1) is 12.2. The first-order chi connectivity index (χ1) is 9.33. The molecule has 1 unspecified atom stereocenters. The highest BCUT2D eigenvalue weighted by Gasteiger charge is 2.20. The summed E-state index contributed by atoms with van der Waals surface area (Å²) in [6, 6.07) is 12.6. The molecule has 19 heavy (non-hydrogen) atoms. The summed E-state index contributed by atoms with van der Waals surface area (Å²) in [6.07, 6.45) is 5.45. The Morgan fingerprint density at radius 1 is 1.21 bits per heavy atom. The zero-order valence-electron chi connectivity index (χ0n) is 11.0. The Labute approximate surface area is 113 Å². The van der Waals surface area contributed by atoms with Crippen LogP contribution >= 0.6 is 0 Å². The summed E-state index contributed by atoms with van der Waals surface area (Å²) in [5.41, 5.74) is 10.4. The molecule has 2 aromatic rings. The third kappa shape index (κ3) is 2.76. The molecule has 0 bridgehead atoms. The number of aromatic nitrogens is 1. The Hall–Kier alpha value is -1.87. The fraction of sp³-hybridized carbons (Fsp3) is 0.312. The van der Waals surface area contributed by atoms with Crippen molar-refractivity contribution in [3.63, 3.8) is 0 Å². The average molecular weight is 253 g/mol. The highest BCUT2D eigenvalue weighted by atomic mass is 14.9. The molecule has 1 aliphatic carbocycles. The van der Waals surface area contributed by atoms with E-state index in [4.69, 9.17) is 5.73 Å². The van der Waals surface area contributed by atoms with E-state index in [0.29, 0.717) is 6.04 Å². The van der Waals surface area contributed by atoms with Gasteiger partial charge in [0.2, 0.25) is 0 Å². The summed E-state index contributed by atoms with van der Waals surface area (Å²) in [5, 5.41) is 3.61. The van der Waals surface area contributed by atoms with Crippen molar-refractivity contribution >= 4 is 5.69 Å². The van der Waals surface area contributed by atoms with E-state index in [9.17, 15) is 0 Å². The van der Waals surface area contributed by atoms with E-state index >= 15 is 0 Å². The predicted octanol–water partition coefficient (Wildman–Crippen LogP) is 2.83. The zero-order valence-corrected chi connectivity index (χ0v) is 11.0. The smallest absolute Gasteiger partial charge is 0.0605 e. The van der Waals surface area contributed by atoms with Crippen LogP contribution in [0.25, 0.3) is 0 Å². The Balaban J connectivity index is 1.69. The van der Waals surface area contributed by atoms with Gasteiger partial charge < -0.3 is 11.1 Å². The zero-order chi connectivity index (χ0) is 13.1. The van der Waals surface area contributed by atoms with E-state index in [-0.39, 0.29) is 0 Å². The number of pyridine rings is 1. The van der Waals surface area contributed by atoms with Crippen LogP contribution in [0.3, 0.4) is 0 Å². The molecule has 1 aromatic carbocycles. The van der Waals surface area contributed by atoms with Gasteiger partial charge >= 0.3 is 0 Å². The number of rotatable bonds is 3. The average Bonchev–Trinajstić information content (AvgIpc) is 2.47. The lowest BCUT2D eigenvalue weighted by molar-refractivity contribution is 0.447. The quantitative estimate of drug-likeness (QED) is 0.827. The van der Waals surface area contributed by atoms with Crippen molar-refractivity contribution in [2.75, 3.05) is 5.73 Å². The number of nitrogens with zero attached hydrogens (tertiary/aromatic N) is 1. The SMILES string of the molecule is Nc1ccc(CNC2CCCc3cccnc32)cc1. The van der Waals surface area contributed by atoms with E-state index in [1.807, 2.05) is 24.4 Å².